The van der Waals surface area contributed by atoms with E-state index in [0.29, 0.717) is 9.52 Å². The predicted octanol–water partition coefficient (Wildman–Crippen LogP) is 1.42. The molecule has 18 heavy (non-hydrogen) atoms. The average molecular weight is 255 g/mol. The summed E-state index contributed by atoms with van der Waals surface area (Å²) in [5, 5.41) is 2.57. The van der Waals surface area contributed by atoms with Gasteiger partial charge in [0.1, 0.15) is 15.3 Å². The Kier molecular flexibility index (Phi) is 4.05. The van der Waals surface area contributed by atoms with E-state index in [2.05, 4.69) is 55.4 Å². The maximum Gasteiger partial charge on any atom is 0.126 e. The van der Waals surface area contributed by atoms with Gasteiger partial charge in [-0.25, -0.2) is 0 Å². The Labute approximate surface area is 111 Å². The Morgan fingerprint density at radius 3 is 2.33 bits per heavy atom. The Morgan fingerprint density at radius 1 is 1.00 bits per heavy atom. The molecule has 2 aromatic carbocycles. The van der Waals surface area contributed by atoms with Crippen molar-refractivity contribution in [3.63, 3.8) is 0 Å². The van der Waals surface area contributed by atoms with Crippen LogP contribution in [0.1, 0.15) is 0 Å². The van der Waals surface area contributed by atoms with Crippen LogP contribution in [0.3, 0.4) is 0 Å². The lowest BCUT2D eigenvalue weighted by atomic mass is 10.3. The monoisotopic (exact) mass is 255 g/mol. The minimum Gasteiger partial charge on any atom is -0.497 e. The van der Waals surface area contributed by atoms with Crippen molar-refractivity contribution < 1.29 is 4.74 Å². The van der Waals surface area contributed by atoms with Gasteiger partial charge in [0.2, 0.25) is 0 Å². The molecule has 0 N–H and O–H groups in total. The number of hydrogen-bond acceptors (Lipinski definition) is 2. The van der Waals surface area contributed by atoms with Gasteiger partial charge >= 0.3 is 0 Å². The third-order valence-electron chi connectivity index (χ3n) is 2.75. The molecule has 0 aromatic heterocycles. The van der Waals surface area contributed by atoms with Crippen LogP contribution in [0.15, 0.2) is 48.5 Å². The van der Waals surface area contributed by atoms with Crippen molar-refractivity contribution in [1.29, 1.82) is 0 Å². The van der Waals surface area contributed by atoms with Gasteiger partial charge in [0, 0.05) is 19.8 Å². The van der Waals surface area contributed by atoms with Crippen LogP contribution >= 0.6 is 0 Å². The van der Waals surface area contributed by atoms with E-state index >= 15 is 0 Å². The normalized spacial score (nSPS) is 10.2. The Bertz CT molecular complexity index is 511. The van der Waals surface area contributed by atoms with Crippen LogP contribution in [0, 0.1) is 0 Å². The highest BCUT2D eigenvalue weighted by molar-refractivity contribution is 6.68. The van der Waals surface area contributed by atoms with E-state index in [1.165, 1.54) is 16.1 Å². The fourth-order valence-electron chi connectivity index (χ4n) is 1.75. The minimum atomic E-state index is 0.620. The molecule has 0 saturated carbocycles. The maximum absolute atomic E-state index is 5.44. The molecule has 0 aliphatic carbocycles. The molecule has 2 rings (SSSR count). The smallest absolute Gasteiger partial charge is 0.126 e. The summed E-state index contributed by atoms with van der Waals surface area (Å²) in [4.78, 5) is 2.11. The van der Waals surface area contributed by atoms with Crippen molar-refractivity contribution in [3.05, 3.63) is 48.5 Å². The molecular weight excluding hydrogens is 238 g/mol. The largest absolute Gasteiger partial charge is 0.497 e. The number of hydrogen-bond donors (Lipinski definition) is 0. The molecule has 0 atom stereocenters. The zero-order chi connectivity index (χ0) is 13.0. The highest BCUT2D eigenvalue weighted by Gasteiger charge is 2.07. The van der Waals surface area contributed by atoms with Gasteiger partial charge in [-0.15, -0.1) is 0 Å². The van der Waals surface area contributed by atoms with Crippen LogP contribution < -0.4 is 20.0 Å². The zero-order valence-electron chi connectivity index (χ0n) is 11.0. The Hall–Kier alpha value is -1.74. The van der Waals surface area contributed by atoms with Gasteiger partial charge < -0.3 is 9.64 Å². The van der Waals surface area contributed by atoms with Crippen LogP contribution in [-0.2, 0) is 0 Å². The van der Waals surface area contributed by atoms with Crippen molar-refractivity contribution in [2.75, 3.05) is 26.1 Å². The first kappa shape index (κ1) is 12.7. The molecule has 92 valence electrons. The second-order valence-corrected chi connectivity index (χ2v) is 5.64. The van der Waals surface area contributed by atoms with E-state index in [-0.39, 0.29) is 0 Å². The molecular formula is C15H17NOSi. The van der Waals surface area contributed by atoms with Crippen LogP contribution in [0.2, 0.25) is 0 Å². The SMILES string of the molecule is COc1ccc(N(C)C)cc1[Si]c1ccccc1. The number of benzene rings is 2. The summed E-state index contributed by atoms with van der Waals surface area (Å²) < 4.78 is 5.44. The van der Waals surface area contributed by atoms with Gasteiger partial charge in [0.25, 0.3) is 0 Å². The lowest BCUT2D eigenvalue weighted by Crippen LogP contribution is -2.28. The maximum atomic E-state index is 5.44. The van der Waals surface area contributed by atoms with E-state index in [4.69, 9.17) is 4.74 Å². The Morgan fingerprint density at radius 2 is 1.72 bits per heavy atom. The van der Waals surface area contributed by atoms with Gasteiger partial charge in [0.05, 0.1) is 7.11 Å². The van der Waals surface area contributed by atoms with E-state index in [1.54, 1.807) is 7.11 Å². The molecule has 0 heterocycles. The lowest BCUT2D eigenvalue weighted by molar-refractivity contribution is 0.418. The second-order valence-electron chi connectivity index (χ2n) is 4.27. The van der Waals surface area contributed by atoms with E-state index in [1.807, 2.05) is 12.1 Å². The zero-order valence-corrected chi connectivity index (χ0v) is 12.0. The topological polar surface area (TPSA) is 12.5 Å². The third kappa shape index (κ3) is 2.93. The number of ether oxygens (including phenoxy) is 1. The molecule has 0 amide bonds. The first-order valence-corrected chi connectivity index (χ1v) is 6.88. The molecule has 0 aliphatic rings. The van der Waals surface area contributed by atoms with E-state index in [0.717, 1.165) is 5.75 Å². The summed E-state index contributed by atoms with van der Waals surface area (Å²) in [6, 6.07) is 16.8. The van der Waals surface area contributed by atoms with Gasteiger partial charge in [-0.05, 0) is 23.4 Å². The van der Waals surface area contributed by atoms with Crippen molar-refractivity contribution in [2.24, 2.45) is 0 Å². The molecule has 2 aromatic rings. The van der Waals surface area contributed by atoms with Gasteiger partial charge in [0.15, 0.2) is 0 Å². The van der Waals surface area contributed by atoms with Gasteiger partial charge in [-0.3, -0.25) is 0 Å². The first-order valence-electron chi connectivity index (χ1n) is 5.88. The van der Waals surface area contributed by atoms with Gasteiger partial charge in [-0.1, -0.05) is 35.5 Å². The van der Waals surface area contributed by atoms with Crippen molar-refractivity contribution in [1.82, 2.24) is 0 Å². The fourth-order valence-corrected chi connectivity index (χ4v) is 2.95. The predicted molar refractivity (Wildman–Crippen MR) is 78.8 cm³/mol. The summed E-state index contributed by atoms with van der Waals surface area (Å²) >= 11 is 0. The number of anilines is 1. The highest BCUT2D eigenvalue weighted by atomic mass is 28.2. The van der Waals surface area contributed by atoms with E-state index < -0.39 is 0 Å². The van der Waals surface area contributed by atoms with Crippen molar-refractivity contribution in [2.45, 2.75) is 0 Å². The second kappa shape index (κ2) is 5.73. The van der Waals surface area contributed by atoms with Crippen molar-refractivity contribution >= 4 is 25.6 Å². The third-order valence-corrected chi connectivity index (χ3v) is 4.03. The summed E-state index contributed by atoms with van der Waals surface area (Å²) in [6.45, 7) is 0. The summed E-state index contributed by atoms with van der Waals surface area (Å²) in [5.41, 5.74) is 1.20. The summed E-state index contributed by atoms with van der Waals surface area (Å²) in [7, 11) is 6.45. The van der Waals surface area contributed by atoms with Gasteiger partial charge in [-0.2, -0.15) is 0 Å². The quantitative estimate of drug-likeness (QED) is 0.766. The standard InChI is InChI=1S/C15H17NOSi/c1-16(2)12-9-10-14(17-3)15(11-12)18-13-7-5-4-6-8-13/h4-11H,1-3H3. The molecule has 0 spiro atoms. The van der Waals surface area contributed by atoms with Crippen LogP contribution in [0.5, 0.6) is 5.75 Å². The number of rotatable bonds is 4. The van der Waals surface area contributed by atoms with Crippen LogP contribution in [-0.4, -0.2) is 30.7 Å². The molecule has 0 aliphatic heterocycles. The van der Waals surface area contributed by atoms with Crippen molar-refractivity contribution in [3.8, 4) is 5.75 Å². The number of methoxy groups -OCH3 is 1. The Balaban J connectivity index is 2.32. The average Bonchev–Trinajstić information content (AvgIpc) is 2.39. The number of nitrogens with zero attached hydrogens (tertiary/aromatic N) is 1. The van der Waals surface area contributed by atoms with E-state index in [9.17, 15) is 0 Å². The van der Waals surface area contributed by atoms with Crippen LogP contribution in [0.25, 0.3) is 0 Å². The molecule has 0 unspecified atom stereocenters. The lowest BCUT2D eigenvalue weighted by Gasteiger charge is -2.16. The molecule has 0 fully saturated rings. The summed E-state index contributed by atoms with van der Waals surface area (Å²) in [6.07, 6.45) is 0. The highest BCUT2D eigenvalue weighted by Crippen LogP contribution is 2.14. The molecule has 0 bridgehead atoms. The molecule has 2 radical (unpaired) electrons. The molecule has 0 saturated heterocycles. The first-order chi connectivity index (χ1) is 8.70. The molecule has 2 nitrogen and oxygen atoms in total. The fraction of sp³-hybridized carbons (Fsp3) is 0.200. The summed E-state index contributed by atoms with van der Waals surface area (Å²) in [5.74, 6) is 0.961. The van der Waals surface area contributed by atoms with Crippen LogP contribution in [0.4, 0.5) is 5.69 Å². The molecule has 3 heteroatoms. The minimum absolute atomic E-state index is 0.620.